The molecule has 1 heterocycles. The zero-order chi connectivity index (χ0) is 13.7. The Morgan fingerprint density at radius 2 is 2.37 bits per heavy atom. The van der Waals surface area contributed by atoms with Crippen LogP contribution in [0.15, 0.2) is 30.5 Å². The second-order valence-corrected chi connectivity index (χ2v) is 5.22. The molecule has 2 rings (SSSR count). The van der Waals surface area contributed by atoms with Gasteiger partial charge in [0.05, 0.1) is 7.11 Å². The quantitative estimate of drug-likeness (QED) is 0.863. The number of nitrogens with zero attached hydrogens (tertiary/aromatic N) is 1. The molecule has 19 heavy (non-hydrogen) atoms. The summed E-state index contributed by atoms with van der Waals surface area (Å²) in [6.07, 6.45) is 2.51. The van der Waals surface area contributed by atoms with E-state index in [1.54, 1.807) is 13.3 Å². The molecule has 0 fully saturated rings. The van der Waals surface area contributed by atoms with Gasteiger partial charge in [0.1, 0.15) is 11.6 Å². The summed E-state index contributed by atoms with van der Waals surface area (Å²) in [5.74, 6) is 0.520. The van der Waals surface area contributed by atoms with Gasteiger partial charge in [0.2, 0.25) is 5.91 Å². The first kappa shape index (κ1) is 13.8. The van der Waals surface area contributed by atoms with Gasteiger partial charge in [0.15, 0.2) is 5.13 Å². The van der Waals surface area contributed by atoms with Gasteiger partial charge in [-0.2, -0.15) is 0 Å². The average molecular weight is 297 g/mol. The van der Waals surface area contributed by atoms with Crippen LogP contribution in [0.5, 0.6) is 5.75 Å². The van der Waals surface area contributed by atoms with Gasteiger partial charge in [-0.25, -0.2) is 4.98 Å². The van der Waals surface area contributed by atoms with Crippen LogP contribution >= 0.6 is 22.9 Å². The molecule has 1 N–H and O–H groups in total. The van der Waals surface area contributed by atoms with Gasteiger partial charge >= 0.3 is 0 Å². The molecule has 0 bridgehead atoms. The molecule has 0 atom stereocenters. The summed E-state index contributed by atoms with van der Waals surface area (Å²) in [6.45, 7) is 0. The van der Waals surface area contributed by atoms with E-state index in [0.29, 0.717) is 5.13 Å². The smallest absolute Gasteiger partial charge is 0.241 e. The lowest BCUT2D eigenvalue weighted by Gasteiger charge is -2.02. The molecule has 0 unspecified atom stereocenters. The van der Waals surface area contributed by atoms with Crippen molar-refractivity contribution in [1.29, 1.82) is 0 Å². The van der Waals surface area contributed by atoms with E-state index in [0.717, 1.165) is 22.6 Å². The number of alkyl halides is 1. The van der Waals surface area contributed by atoms with Crippen molar-refractivity contribution in [3.05, 3.63) is 40.9 Å². The van der Waals surface area contributed by atoms with Crippen molar-refractivity contribution in [1.82, 2.24) is 4.98 Å². The molecule has 0 saturated carbocycles. The van der Waals surface area contributed by atoms with Crippen molar-refractivity contribution in [2.24, 2.45) is 0 Å². The number of thiazole rings is 1. The minimum atomic E-state index is -0.246. The third kappa shape index (κ3) is 3.94. The molecule has 0 saturated heterocycles. The standard InChI is InChI=1S/C13H13ClN2O2S/c1-18-10-4-2-3-9(5-10)6-11-8-15-13(19-11)16-12(17)7-14/h2-5,8H,6-7H2,1H3,(H,15,16,17). The summed E-state index contributed by atoms with van der Waals surface area (Å²) in [7, 11) is 1.64. The molecule has 100 valence electrons. The van der Waals surface area contributed by atoms with E-state index in [1.165, 1.54) is 11.3 Å². The Morgan fingerprint density at radius 1 is 1.53 bits per heavy atom. The molecule has 4 nitrogen and oxygen atoms in total. The first-order valence-electron chi connectivity index (χ1n) is 5.64. The van der Waals surface area contributed by atoms with E-state index in [2.05, 4.69) is 10.3 Å². The van der Waals surface area contributed by atoms with E-state index >= 15 is 0 Å². The number of benzene rings is 1. The molecule has 1 aromatic carbocycles. The van der Waals surface area contributed by atoms with Gasteiger partial charge in [-0.05, 0) is 17.7 Å². The second-order valence-electron chi connectivity index (χ2n) is 3.84. The zero-order valence-electron chi connectivity index (χ0n) is 10.4. The Balaban J connectivity index is 2.04. The summed E-state index contributed by atoms with van der Waals surface area (Å²) >= 11 is 6.87. The lowest BCUT2D eigenvalue weighted by molar-refractivity contribution is -0.113. The van der Waals surface area contributed by atoms with E-state index < -0.39 is 0 Å². The Labute approximate surface area is 120 Å². The van der Waals surface area contributed by atoms with Crippen molar-refractivity contribution in [2.45, 2.75) is 6.42 Å². The highest BCUT2D eigenvalue weighted by Crippen LogP contribution is 2.22. The van der Waals surface area contributed by atoms with Crippen molar-refractivity contribution in [3.8, 4) is 5.75 Å². The van der Waals surface area contributed by atoms with Crippen LogP contribution in [0.25, 0.3) is 0 Å². The average Bonchev–Trinajstić information content (AvgIpc) is 2.86. The maximum atomic E-state index is 11.1. The predicted octanol–water partition coefficient (Wildman–Crippen LogP) is 2.92. The first-order chi connectivity index (χ1) is 9.21. The fourth-order valence-corrected chi connectivity index (χ4v) is 2.51. The number of hydrogen-bond acceptors (Lipinski definition) is 4. The summed E-state index contributed by atoms with van der Waals surface area (Å²) in [4.78, 5) is 16.3. The van der Waals surface area contributed by atoms with Gasteiger partial charge in [-0.15, -0.1) is 22.9 Å². The van der Waals surface area contributed by atoms with E-state index in [-0.39, 0.29) is 11.8 Å². The third-order valence-corrected chi connectivity index (χ3v) is 3.59. The number of methoxy groups -OCH3 is 1. The second kappa shape index (κ2) is 6.54. The third-order valence-electron chi connectivity index (χ3n) is 2.43. The maximum absolute atomic E-state index is 11.1. The van der Waals surface area contributed by atoms with Crippen LogP contribution in [0, 0.1) is 0 Å². The highest BCUT2D eigenvalue weighted by molar-refractivity contribution is 7.15. The summed E-state index contributed by atoms with van der Waals surface area (Å²) in [6, 6.07) is 7.86. The van der Waals surface area contributed by atoms with Crippen molar-refractivity contribution < 1.29 is 9.53 Å². The molecule has 0 aliphatic heterocycles. The molecule has 6 heteroatoms. The molecule has 0 spiro atoms. The lowest BCUT2D eigenvalue weighted by atomic mass is 10.1. The van der Waals surface area contributed by atoms with Crippen LogP contribution in [0.4, 0.5) is 5.13 Å². The molecule has 0 aliphatic carbocycles. The topological polar surface area (TPSA) is 51.2 Å². The van der Waals surface area contributed by atoms with Crippen molar-refractivity contribution >= 4 is 34.0 Å². The number of halogens is 1. The Kier molecular flexibility index (Phi) is 4.76. The Bertz CT molecular complexity index is 571. The highest BCUT2D eigenvalue weighted by Gasteiger charge is 2.06. The fourth-order valence-electron chi connectivity index (χ4n) is 1.58. The SMILES string of the molecule is COc1cccc(Cc2cnc(NC(=O)CCl)s2)c1. The van der Waals surface area contributed by atoms with Crippen LogP contribution < -0.4 is 10.1 Å². The largest absolute Gasteiger partial charge is 0.497 e. The predicted molar refractivity (Wildman–Crippen MR) is 77.3 cm³/mol. The van der Waals surface area contributed by atoms with Gasteiger partial charge in [-0.3, -0.25) is 4.79 Å². The number of rotatable bonds is 5. The normalized spacial score (nSPS) is 10.2. The van der Waals surface area contributed by atoms with Gasteiger partial charge in [0.25, 0.3) is 0 Å². The molecular weight excluding hydrogens is 284 g/mol. The van der Waals surface area contributed by atoms with Gasteiger partial charge in [-0.1, -0.05) is 12.1 Å². The van der Waals surface area contributed by atoms with Crippen LogP contribution in [0.1, 0.15) is 10.4 Å². The summed E-state index contributed by atoms with van der Waals surface area (Å²) in [5.41, 5.74) is 1.14. The number of aromatic nitrogens is 1. The molecule has 2 aromatic rings. The van der Waals surface area contributed by atoms with Crippen molar-refractivity contribution in [2.75, 3.05) is 18.3 Å². The van der Waals surface area contributed by atoms with E-state index in [9.17, 15) is 4.79 Å². The molecule has 0 aliphatic rings. The van der Waals surface area contributed by atoms with Crippen LogP contribution in [0.2, 0.25) is 0 Å². The number of hydrogen-bond donors (Lipinski definition) is 1. The number of anilines is 1. The molecule has 1 amide bonds. The van der Waals surface area contributed by atoms with Crippen LogP contribution in [0.3, 0.4) is 0 Å². The fraction of sp³-hybridized carbons (Fsp3) is 0.231. The molecular formula is C13H13ClN2O2S. The lowest BCUT2D eigenvalue weighted by Crippen LogP contribution is -2.11. The number of carbonyl (C=O) groups excluding carboxylic acids is 1. The molecule has 0 radical (unpaired) electrons. The van der Waals surface area contributed by atoms with E-state index in [1.807, 2.05) is 24.3 Å². The maximum Gasteiger partial charge on any atom is 0.241 e. The number of nitrogens with one attached hydrogen (secondary N) is 1. The van der Waals surface area contributed by atoms with Crippen LogP contribution in [-0.2, 0) is 11.2 Å². The minimum absolute atomic E-state index is 0.0647. The zero-order valence-corrected chi connectivity index (χ0v) is 11.9. The molecule has 1 aromatic heterocycles. The van der Waals surface area contributed by atoms with Gasteiger partial charge < -0.3 is 10.1 Å². The summed E-state index contributed by atoms with van der Waals surface area (Å²) < 4.78 is 5.18. The minimum Gasteiger partial charge on any atom is -0.497 e. The number of amides is 1. The Hall–Kier alpha value is -1.59. The highest BCUT2D eigenvalue weighted by atomic mass is 35.5. The first-order valence-corrected chi connectivity index (χ1v) is 7.00. The van der Waals surface area contributed by atoms with Gasteiger partial charge in [0, 0.05) is 17.5 Å². The van der Waals surface area contributed by atoms with Crippen molar-refractivity contribution in [3.63, 3.8) is 0 Å². The summed E-state index contributed by atoms with van der Waals surface area (Å²) in [5, 5.41) is 3.20. The van der Waals surface area contributed by atoms with E-state index in [4.69, 9.17) is 16.3 Å². The number of ether oxygens (including phenoxy) is 1. The number of carbonyl (C=O) groups is 1. The van der Waals surface area contributed by atoms with Crippen LogP contribution in [-0.4, -0.2) is 23.9 Å². The Morgan fingerprint density at radius 3 is 3.11 bits per heavy atom. The monoisotopic (exact) mass is 296 g/mol.